The van der Waals surface area contributed by atoms with E-state index in [9.17, 15) is 13.6 Å². The van der Waals surface area contributed by atoms with Gasteiger partial charge in [-0.25, -0.2) is 8.78 Å². The van der Waals surface area contributed by atoms with Gasteiger partial charge in [-0.05, 0) is 56.3 Å². The van der Waals surface area contributed by atoms with Gasteiger partial charge in [-0.1, -0.05) is 19.9 Å². The molecule has 0 aliphatic carbocycles. The first-order chi connectivity index (χ1) is 11.5. The molecule has 1 aliphatic rings. The van der Waals surface area contributed by atoms with E-state index in [0.29, 0.717) is 24.4 Å². The molecule has 3 nitrogen and oxygen atoms in total. The van der Waals surface area contributed by atoms with Crippen LogP contribution in [0.3, 0.4) is 0 Å². The number of aryl methyl sites for hydroxylation is 1. The second-order valence-electron chi connectivity index (χ2n) is 6.58. The summed E-state index contributed by atoms with van der Waals surface area (Å²) in [6, 6.07) is 3.77. The minimum Gasteiger partial charge on any atom is -0.341 e. The van der Waals surface area contributed by atoms with E-state index in [0.717, 1.165) is 51.5 Å². The largest absolute Gasteiger partial charge is 0.341 e. The van der Waals surface area contributed by atoms with Crippen molar-refractivity contribution in [3.8, 4) is 0 Å². The SMILES string of the molecule is CCN(CC)CC(=O)N1CCCC(CCc2ccc(F)cc2F)C1. The van der Waals surface area contributed by atoms with Crippen LogP contribution < -0.4 is 0 Å². The van der Waals surface area contributed by atoms with Crippen LogP contribution in [0.15, 0.2) is 18.2 Å². The average Bonchev–Trinajstić information content (AvgIpc) is 2.59. The van der Waals surface area contributed by atoms with Crippen LogP contribution in [0.2, 0.25) is 0 Å². The van der Waals surface area contributed by atoms with Crippen LogP contribution in [-0.4, -0.2) is 48.4 Å². The van der Waals surface area contributed by atoms with E-state index in [1.807, 2.05) is 4.90 Å². The lowest BCUT2D eigenvalue weighted by atomic mass is 9.91. The molecule has 5 heteroatoms. The van der Waals surface area contributed by atoms with E-state index in [1.165, 1.54) is 12.1 Å². The number of piperidine rings is 1. The number of likely N-dealkylation sites (tertiary alicyclic amines) is 1. The minimum absolute atomic E-state index is 0.191. The zero-order valence-corrected chi connectivity index (χ0v) is 14.7. The summed E-state index contributed by atoms with van der Waals surface area (Å²) in [5.41, 5.74) is 0.558. The Kier molecular flexibility index (Phi) is 7.16. The molecule has 0 spiro atoms. The first-order valence-electron chi connectivity index (χ1n) is 8.97. The number of likely N-dealkylation sites (N-methyl/N-ethyl adjacent to an activating group) is 1. The van der Waals surface area contributed by atoms with Crippen molar-refractivity contribution < 1.29 is 13.6 Å². The van der Waals surface area contributed by atoms with Gasteiger partial charge in [-0.3, -0.25) is 9.69 Å². The van der Waals surface area contributed by atoms with Crippen LogP contribution in [0, 0.1) is 17.6 Å². The zero-order valence-electron chi connectivity index (χ0n) is 14.7. The molecule has 0 saturated carbocycles. The Morgan fingerprint density at radius 3 is 2.71 bits per heavy atom. The molecular weight excluding hydrogens is 310 g/mol. The molecule has 1 amide bonds. The van der Waals surface area contributed by atoms with E-state index < -0.39 is 11.6 Å². The summed E-state index contributed by atoms with van der Waals surface area (Å²) in [5, 5.41) is 0. The predicted octanol–water partition coefficient (Wildman–Crippen LogP) is 3.48. The summed E-state index contributed by atoms with van der Waals surface area (Å²) in [7, 11) is 0. The number of rotatable bonds is 7. The number of carbonyl (C=O) groups is 1. The van der Waals surface area contributed by atoms with Crippen LogP contribution in [0.5, 0.6) is 0 Å². The van der Waals surface area contributed by atoms with Crippen LogP contribution >= 0.6 is 0 Å². The highest BCUT2D eigenvalue weighted by molar-refractivity contribution is 5.78. The van der Waals surface area contributed by atoms with E-state index in [1.54, 1.807) is 0 Å². The molecular formula is C19H28F2N2O. The summed E-state index contributed by atoms with van der Waals surface area (Å²) in [6.45, 7) is 7.93. The van der Waals surface area contributed by atoms with Crippen molar-refractivity contribution in [1.29, 1.82) is 0 Å². The molecule has 1 fully saturated rings. The van der Waals surface area contributed by atoms with Crippen molar-refractivity contribution in [1.82, 2.24) is 9.80 Å². The standard InChI is InChI=1S/C19H28F2N2O/c1-3-22(4-2)14-19(24)23-11-5-6-15(13-23)7-8-16-9-10-17(20)12-18(16)21/h9-10,12,15H,3-8,11,13-14H2,1-2H3. The van der Waals surface area contributed by atoms with Gasteiger partial charge in [-0.15, -0.1) is 0 Å². The fourth-order valence-corrected chi connectivity index (χ4v) is 3.35. The Bertz CT molecular complexity index is 546. The van der Waals surface area contributed by atoms with Gasteiger partial charge in [0.25, 0.3) is 0 Å². The molecule has 0 N–H and O–H groups in total. The summed E-state index contributed by atoms with van der Waals surface area (Å²) in [4.78, 5) is 16.5. The monoisotopic (exact) mass is 338 g/mol. The molecule has 1 heterocycles. The van der Waals surface area contributed by atoms with Gasteiger partial charge in [0.1, 0.15) is 11.6 Å². The van der Waals surface area contributed by atoms with E-state index in [4.69, 9.17) is 0 Å². The lowest BCUT2D eigenvalue weighted by molar-refractivity contribution is -0.134. The molecule has 0 radical (unpaired) electrons. The second-order valence-corrected chi connectivity index (χ2v) is 6.58. The fraction of sp³-hybridized carbons (Fsp3) is 0.632. The van der Waals surface area contributed by atoms with Crippen LogP contribution in [0.4, 0.5) is 8.78 Å². The molecule has 134 valence electrons. The normalized spacial score (nSPS) is 18.2. The van der Waals surface area contributed by atoms with Crippen molar-refractivity contribution in [3.63, 3.8) is 0 Å². The van der Waals surface area contributed by atoms with Crippen molar-refractivity contribution in [2.45, 2.75) is 39.5 Å². The van der Waals surface area contributed by atoms with Gasteiger partial charge in [0.15, 0.2) is 0 Å². The third-order valence-electron chi connectivity index (χ3n) is 4.96. The molecule has 24 heavy (non-hydrogen) atoms. The Balaban J connectivity index is 1.85. The third-order valence-corrected chi connectivity index (χ3v) is 4.96. The number of amides is 1. The van der Waals surface area contributed by atoms with E-state index in [-0.39, 0.29) is 5.91 Å². The number of hydrogen-bond donors (Lipinski definition) is 0. The zero-order chi connectivity index (χ0) is 17.5. The Morgan fingerprint density at radius 1 is 1.29 bits per heavy atom. The van der Waals surface area contributed by atoms with Gasteiger partial charge in [0.2, 0.25) is 5.91 Å². The maximum absolute atomic E-state index is 13.7. The van der Waals surface area contributed by atoms with Gasteiger partial charge >= 0.3 is 0 Å². The minimum atomic E-state index is -0.540. The molecule has 1 atom stereocenters. The third kappa shape index (κ3) is 5.26. The van der Waals surface area contributed by atoms with Crippen LogP contribution in [0.25, 0.3) is 0 Å². The van der Waals surface area contributed by atoms with Crippen LogP contribution in [0.1, 0.15) is 38.7 Å². The Hall–Kier alpha value is -1.49. The smallest absolute Gasteiger partial charge is 0.236 e. The number of nitrogens with zero attached hydrogens (tertiary/aromatic N) is 2. The summed E-state index contributed by atoms with van der Waals surface area (Å²) < 4.78 is 26.7. The van der Waals surface area contributed by atoms with Gasteiger partial charge in [0.05, 0.1) is 6.54 Å². The number of benzene rings is 1. The molecule has 1 aliphatic heterocycles. The first-order valence-corrected chi connectivity index (χ1v) is 8.97. The average molecular weight is 338 g/mol. The quantitative estimate of drug-likeness (QED) is 0.760. The van der Waals surface area contributed by atoms with Crippen LogP contribution in [-0.2, 0) is 11.2 Å². The van der Waals surface area contributed by atoms with Crippen molar-refractivity contribution >= 4 is 5.91 Å². The van der Waals surface area contributed by atoms with E-state index in [2.05, 4.69) is 18.7 Å². The Morgan fingerprint density at radius 2 is 2.04 bits per heavy atom. The van der Waals surface area contributed by atoms with E-state index >= 15 is 0 Å². The molecule has 0 bridgehead atoms. The second kappa shape index (κ2) is 9.11. The number of hydrogen-bond acceptors (Lipinski definition) is 2. The number of halogens is 2. The Labute approximate surface area is 143 Å². The summed E-state index contributed by atoms with van der Waals surface area (Å²) >= 11 is 0. The summed E-state index contributed by atoms with van der Waals surface area (Å²) in [5.74, 6) is -0.428. The van der Waals surface area contributed by atoms with Gasteiger partial charge < -0.3 is 4.90 Å². The highest BCUT2D eigenvalue weighted by Gasteiger charge is 2.24. The lowest BCUT2D eigenvalue weighted by Crippen LogP contribution is -2.45. The number of carbonyl (C=O) groups excluding carboxylic acids is 1. The molecule has 1 unspecified atom stereocenters. The van der Waals surface area contributed by atoms with Crippen molar-refractivity contribution in [2.75, 3.05) is 32.7 Å². The molecule has 0 aromatic heterocycles. The lowest BCUT2D eigenvalue weighted by Gasteiger charge is -2.34. The molecule has 2 rings (SSSR count). The molecule has 1 aromatic carbocycles. The maximum Gasteiger partial charge on any atom is 0.236 e. The highest BCUT2D eigenvalue weighted by Crippen LogP contribution is 2.23. The first kappa shape index (κ1) is 18.8. The molecule has 1 aromatic rings. The maximum atomic E-state index is 13.7. The van der Waals surface area contributed by atoms with Gasteiger partial charge in [0, 0.05) is 19.2 Å². The van der Waals surface area contributed by atoms with Gasteiger partial charge in [-0.2, -0.15) is 0 Å². The van der Waals surface area contributed by atoms with Crippen molar-refractivity contribution in [2.24, 2.45) is 5.92 Å². The fourth-order valence-electron chi connectivity index (χ4n) is 3.35. The molecule has 1 saturated heterocycles. The highest BCUT2D eigenvalue weighted by atomic mass is 19.1. The predicted molar refractivity (Wildman–Crippen MR) is 91.8 cm³/mol. The topological polar surface area (TPSA) is 23.6 Å². The summed E-state index contributed by atoms with van der Waals surface area (Å²) in [6.07, 6.45) is 3.49. The van der Waals surface area contributed by atoms with Crippen molar-refractivity contribution in [3.05, 3.63) is 35.4 Å².